The SMILES string of the molecule is O=C(NCCc1c[nH]c2ccc(F)cc12)C1CCCN(S(=O)(=O)c2ccc(F)cc2)C1. The molecule has 1 aliphatic rings. The van der Waals surface area contributed by atoms with Crippen LogP contribution in [0, 0.1) is 17.6 Å². The smallest absolute Gasteiger partial charge is 0.243 e. The first-order valence-electron chi connectivity index (χ1n) is 10.1. The fourth-order valence-corrected chi connectivity index (χ4v) is 5.48. The standard InChI is InChI=1S/C22H23F2N3O3S/c23-17-3-6-19(7-4-17)31(29,30)27-11-1-2-16(14-27)22(28)25-10-9-15-13-26-21-8-5-18(24)12-20(15)21/h3-8,12-13,16,26H,1-2,9-11,14H2,(H,25,28). The van der Waals surface area contributed by atoms with Crippen LogP contribution in [0.1, 0.15) is 18.4 Å². The summed E-state index contributed by atoms with van der Waals surface area (Å²) in [4.78, 5) is 15.7. The number of piperidine rings is 1. The highest BCUT2D eigenvalue weighted by Gasteiger charge is 2.33. The molecule has 1 aromatic heterocycles. The van der Waals surface area contributed by atoms with Crippen molar-refractivity contribution in [1.82, 2.24) is 14.6 Å². The van der Waals surface area contributed by atoms with E-state index in [2.05, 4.69) is 10.3 Å². The molecule has 164 valence electrons. The maximum Gasteiger partial charge on any atom is 0.243 e. The molecule has 4 rings (SSSR count). The zero-order valence-electron chi connectivity index (χ0n) is 16.8. The zero-order valence-corrected chi connectivity index (χ0v) is 17.6. The van der Waals surface area contributed by atoms with Crippen molar-refractivity contribution >= 4 is 26.8 Å². The molecule has 3 aromatic rings. The Bertz CT molecular complexity index is 1190. The Morgan fingerprint density at radius 1 is 1.13 bits per heavy atom. The second-order valence-electron chi connectivity index (χ2n) is 7.70. The number of H-pyrrole nitrogens is 1. The van der Waals surface area contributed by atoms with Crippen LogP contribution in [0.5, 0.6) is 0 Å². The van der Waals surface area contributed by atoms with Crippen molar-refractivity contribution in [2.75, 3.05) is 19.6 Å². The molecule has 9 heteroatoms. The maximum absolute atomic E-state index is 13.5. The molecule has 0 radical (unpaired) electrons. The van der Waals surface area contributed by atoms with Crippen LogP contribution in [0.2, 0.25) is 0 Å². The van der Waals surface area contributed by atoms with Gasteiger partial charge in [-0.1, -0.05) is 0 Å². The predicted octanol–water partition coefficient (Wildman–Crippen LogP) is 3.21. The largest absolute Gasteiger partial charge is 0.361 e. The summed E-state index contributed by atoms with van der Waals surface area (Å²) in [5.41, 5.74) is 1.73. The Kier molecular flexibility index (Phi) is 6.06. The number of carbonyl (C=O) groups excluding carboxylic acids is 1. The van der Waals surface area contributed by atoms with Crippen molar-refractivity contribution in [3.63, 3.8) is 0 Å². The number of nitrogens with one attached hydrogen (secondary N) is 2. The molecule has 0 spiro atoms. The first-order valence-corrected chi connectivity index (χ1v) is 11.6. The van der Waals surface area contributed by atoms with E-state index in [0.717, 1.165) is 28.6 Å². The molecule has 2 N–H and O–H groups in total. The fourth-order valence-electron chi connectivity index (χ4n) is 3.95. The van der Waals surface area contributed by atoms with Gasteiger partial charge in [0.1, 0.15) is 11.6 Å². The number of aromatic nitrogens is 1. The van der Waals surface area contributed by atoms with Crippen LogP contribution in [-0.2, 0) is 21.2 Å². The summed E-state index contributed by atoms with van der Waals surface area (Å²) in [5.74, 6) is -1.48. The van der Waals surface area contributed by atoms with E-state index in [0.29, 0.717) is 32.4 Å². The first-order chi connectivity index (χ1) is 14.8. The topological polar surface area (TPSA) is 82.3 Å². The first kappa shape index (κ1) is 21.5. The number of hydrogen-bond donors (Lipinski definition) is 2. The van der Waals surface area contributed by atoms with Gasteiger partial charge in [0.05, 0.1) is 10.8 Å². The van der Waals surface area contributed by atoms with Crippen LogP contribution >= 0.6 is 0 Å². The summed E-state index contributed by atoms with van der Waals surface area (Å²) >= 11 is 0. The average Bonchev–Trinajstić information content (AvgIpc) is 3.16. The number of rotatable bonds is 6. The number of sulfonamides is 1. The van der Waals surface area contributed by atoms with Gasteiger partial charge in [0.25, 0.3) is 0 Å². The number of hydrogen-bond acceptors (Lipinski definition) is 3. The molecule has 1 unspecified atom stereocenters. The van der Waals surface area contributed by atoms with Crippen molar-refractivity contribution in [3.8, 4) is 0 Å². The highest BCUT2D eigenvalue weighted by Crippen LogP contribution is 2.24. The van der Waals surface area contributed by atoms with Gasteiger partial charge in [-0.15, -0.1) is 0 Å². The summed E-state index contributed by atoms with van der Waals surface area (Å²) in [6, 6.07) is 9.21. The van der Waals surface area contributed by atoms with Gasteiger partial charge in [0, 0.05) is 36.7 Å². The van der Waals surface area contributed by atoms with Gasteiger partial charge in [-0.05, 0) is 67.3 Å². The Morgan fingerprint density at radius 3 is 2.65 bits per heavy atom. The van der Waals surface area contributed by atoms with E-state index in [1.54, 1.807) is 12.3 Å². The Labute approximate surface area is 179 Å². The summed E-state index contributed by atoms with van der Waals surface area (Å²) < 4.78 is 53.6. The van der Waals surface area contributed by atoms with E-state index < -0.39 is 21.8 Å². The van der Waals surface area contributed by atoms with Crippen LogP contribution in [-0.4, -0.2) is 43.2 Å². The average molecular weight is 448 g/mol. The maximum atomic E-state index is 13.5. The van der Waals surface area contributed by atoms with E-state index in [1.165, 1.54) is 28.6 Å². The van der Waals surface area contributed by atoms with Crippen LogP contribution in [0.25, 0.3) is 10.9 Å². The van der Waals surface area contributed by atoms with Gasteiger partial charge < -0.3 is 10.3 Å². The molecule has 31 heavy (non-hydrogen) atoms. The molecule has 6 nitrogen and oxygen atoms in total. The van der Waals surface area contributed by atoms with E-state index in [9.17, 15) is 22.0 Å². The van der Waals surface area contributed by atoms with Crippen molar-refractivity contribution in [2.24, 2.45) is 5.92 Å². The monoisotopic (exact) mass is 447 g/mol. The summed E-state index contributed by atoms with van der Waals surface area (Å²) in [7, 11) is -3.78. The second kappa shape index (κ2) is 8.76. The van der Waals surface area contributed by atoms with Crippen LogP contribution in [0.4, 0.5) is 8.78 Å². The fraction of sp³-hybridized carbons (Fsp3) is 0.318. The highest BCUT2D eigenvalue weighted by molar-refractivity contribution is 7.89. The third-order valence-corrected chi connectivity index (χ3v) is 7.51. The van der Waals surface area contributed by atoms with Gasteiger partial charge in [-0.25, -0.2) is 17.2 Å². The normalized spacial score (nSPS) is 17.7. The number of halogens is 2. The number of carbonyl (C=O) groups is 1. The molecule has 1 atom stereocenters. The lowest BCUT2D eigenvalue weighted by Crippen LogP contribution is -2.45. The van der Waals surface area contributed by atoms with Crippen LogP contribution in [0.3, 0.4) is 0 Å². The Balaban J connectivity index is 1.36. The molecule has 1 fully saturated rings. The molecule has 2 aromatic carbocycles. The molecule has 1 amide bonds. The van der Waals surface area contributed by atoms with E-state index >= 15 is 0 Å². The number of nitrogens with zero attached hydrogens (tertiary/aromatic N) is 1. The molecular weight excluding hydrogens is 424 g/mol. The van der Waals surface area contributed by atoms with Crippen molar-refractivity contribution in [1.29, 1.82) is 0 Å². The van der Waals surface area contributed by atoms with E-state index in [-0.39, 0.29) is 23.2 Å². The lowest BCUT2D eigenvalue weighted by atomic mass is 9.98. The minimum Gasteiger partial charge on any atom is -0.361 e. The van der Waals surface area contributed by atoms with Crippen LogP contribution in [0.15, 0.2) is 53.6 Å². The quantitative estimate of drug-likeness (QED) is 0.609. The summed E-state index contributed by atoms with van der Waals surface area (Å²) in [5, 5.41) is 3.65. The summed E-state index contributed by atoms with van der Waals surface area (Å²) in [6.45, 7) is 0.776. The highest BCUT2D eigenvalue weighted by atomic mass is 32.2. The van der Waals surface area contributed by atoms with Crippen molar-refractivity contribution < 1.29 is 22.0 Å². The Hall–Kier alpha value is -2.78. The number of aromatic amines is 1. The molecule has 0 bridgehead atoms. The minimum absolute atomic E-state index is 0.0153. The third kappa shape index (κ3) is 4.62. The molecule has 1 aliphatic heterocycles. The minimum atomic E-state index is -3.78. The van der Waals surface area contributed by atoms with Crippen LogP contribution < -0.4 is 5.32 Å². The molecular formula is C22H23F2N3O3S. The third-order valence-electron chi connectivity index (χ3n) is 5.63. The van der Waals surface area contributed by atoms with Gasteiger partial charge in [0.2, 0.25) is 15.9 Å². The second-order valence-corrected chi connectivity index (χ2v) is 9.64. The van der Waals surface area contributed by atoms with E-state index in [4.69, 9.17) is 0 Å². The molecule has 0 saturated carbocycles. The van der Waals surface area contributed by atoms with Crippen molar-refractivity contribution in [2.45, 2.75) is 24.2 Å². The van der Waals surface area contributed by atoms with Crippen molar-refractivity contribution in [3.05, 3.63) is 65.9 Å². The molecule has 1 saturated heterocycles. The van der Waals surface area contributed by atoms with Gasteiger partial charge in [-0.2, -0.15) is 4.31 Å². The van der Waals surface area contributed by atoms with Gasteiger partial charge >= 0.3 is 0 Å². The number of fused-ring (bicyclic) bond motifs is 1. The predicted molar refractivity (Wildman–Crippen MR) is 113 cm³/mol. The zero-order chi connectivity index (χ0) is 22.0. The Morgan fingerprint density at radius 2 is 1.87 bits per heavy atom. The van der Waals surface area contributed by atoms with Gasteiger partial charge in [-0.3, -0.25) is 4.79 Å². The molecule has 0 aliphatic carbocycles. The lowest BCUT2D eigenvalue weighted by molar-refractivity contribution is -0.126. The number of benzene rings is 2. The molecule has 2 heterocycles. The summed E-state index contributed by atoms with van der Waals surface area (Å²) in [6.07, 6.45) is 3.49. The van der Waals surface area contributed by atoms with Gasteiger partial charge in [0.15, 0.2) is 0 Å². The van der Waals surface area contributed by atoms with E-state index in [1.807, 2.05) is 0 Å². The lowest BCUT2D eigenvalue weighted by Gasteiger charge is -2.31. The number of amides is 1.